The number of likely N-dealkylation sites (N-methyl/N-ethyl adjacent to an activating group) is 1. The third kappa shape index (κ3) is 5.04. The van der Waals surface area contributed by atoms with E-state index in [2.05, 4.69) is 41.4 Å². The molecule has 0 atom stereocenters. The zero-order valence-corrected chi connectivity index (χ0v) is 11.4. The molecule has 4 heteroatoms. The fourth-order valence-corrected chi connectivity index (χ4v) is 1.82. The van der Waals surface area contributed by atoms with E-state index >= 15 is 0 Å². The van der Waals surface area contributed by atoms with Crippen molar-refractivity contribution in [1.82, 2.24) is 5.32 Å². The highest BCUT2D eigenvalue weighted by Crippen LogP contribution is 2.14. The van der Waals surface area contributed by atoms with Gasteiger partial charge < -0.3 is 20.1 Å². The largest absolute Gasteiger partial charge is 0.395 e. The van der Waals surface area contributed by atoms with Crippen LogP contribution in [0.5, 0.6) is 0 Å². The lowest BCUT2D eigenvalue weighted by Crippen LogP contribution is -2.26. The van der Waals surface area contributed by atoms with Crippen LogP contribution < -0.4 is 10.2 Å². The second-order valence-electron chi connectivity index (χ2n) is 4.14. The molecule has 2 N–H and O–H groups in total. The molecule has 102 valence electrons. The van der Waals surface area contributed by atoms with Crippen molar-refractivity contribution in [3.05, 3.63) is 29.8 Å². The van der Waals surface area contributed by atoms with E-state index in [1.165, 1.54) is 5.56 Å². The number of aliphatic hydroxyl groups is 1. The van der Waals surface area contributed by atoms with Gasteiger partial charge in [-0.2, -0.15) is 0 Å². The van der Waals surface area contributed by atoms with Crippen molar-refractivity contribution in [3.63, 3.8) is 0 Å². The van der Waals surface area contributed by atoms with Crippen LogP contribution in [-0.2, 0) is 11.3 Å². The Morgan fingerprint density at radius 3 is 2.56 bits per heavy atom. The van der Waals surface area contributed by atoms with E-state index in [1.54, 1.807) is 7.11 Å². The molecular weight excluding hydrogens is 228 g/mol. The second kappa shape index (κ2) is 8.91. The number of ether oxygens (including phenoxy) is 1. The molecule has 1 aromatic carbocycles. The minimum absolute atomic E-state index is 0.189. The van der Waals surface area contributed by atoms with Crippen molar-refractivity contribution in [2.75, 3.05) is 44.9 Å². The molecule has 0 heterocycles. The summed E-state index contributed by atoms with van der Waals surface area (Å²) in [6, 6.07) is 8.45. The van der Waals surface area contributed by atoms with Gasteiger partial charge >= 0.3 is 0 Å². The maximum atomic E-state index is 8.99. The Morgan fingerprint density at radius 1 is 1.28 bits per heavy atom. The molecule has 0 saturated heterocycles. The molecule has 0 aliphatic carbocycles. The molecule has 0 amide bonds. The molecule has 18 heavy (non-hydrogen) atoms. The van der Waals surface area contributed by atoms with Gasteiger partial charge in [-0.25, -0.2) is 0 Å². The zero-order chi connectivity index (χ0) is 13.2. The summed E-state index contributed by atoms with van der Waals surface area (Å²) in [5.41, 5.74) is 2.42. The highest BCUT2D eigenvalue weighted by atomic mass is 16.5. The number of hydrogen-bond acceptors (Lipinski definition) is 4. The summed E-state index contributed by atoms with van der Waals surface area (Å²) in [5, 5.41) is 12.3. The van der Waals surface area contributed by atoms with Gasteiger partial charge in [0.15, 0.2) is 0 Å². The molecule has 0 fully saturated rings. The lowest BCUT2D eigenvalue weighted by Gasteiger charge is -2.22. The molecule has 1 rings (SSSR count). The number of anilines is 1. The molecule has 0 aromatic heterocycles. The molecule has 1 aromatic rings. The molecule has 0 radical (unpaired) electrons. The van der Waals surface area contributed by atoms with Crippen molar-refractivity contribution in [3.8, 4) is 0 Å². The second-order valence-corrected chi connectivity index (χ2v) is 4.14. The molecule has 0 saturated carbocycles. The van der Waals surface area contributed by atoms with Crippen LogP contribution in [0.25, 0.3) is 0 Å². The quantitative estimate of drug-likeness (QED) is 0.649. The Bertz CT molecular complexity index is 314. The standard InChI is InChI=1S/C14H24N2O2/c1-3-16(9-10-17)14-6-4-13(5-7-14)12-15-8-11-18-2/h4-7,15,17H,3,8-12H2,1-2H3. The number of aliphatic hydroxyl groups excluding tert-OH is 1. The predicted molar refractivity (Wildman–Crippen MR) is 75.0 cm³/mol. The Balaban J connectivity index is 2.45. The third-order valence-corrected chi connectivity index (χ3v) is 2.87. The van der Waals surface area contributed by atoms with Crippen LogP contribution in [0.15, 0.2) is 24.3 Å². The van der Waals surface area contributed by atoms with E-state index in [-0.39, 0.29) is 6.61 Å². The third-order valence-electron chi connectivity index (χ3n) is 2.87. The SMILES string of the molecule is CCN(CCO)c1ccc(CNCCOC)cc1. The summed E-state index contributed by atoms with van der Waals surface area (Å²) in [4.78, 5) is 2.15. The van der Waals surface area contributed by atoms with Gasteiger partial charge in [0.2, 0.25) is 0 Å². The molecule has 0 aliphatic rings. The fourth-order valence-electron chi connectivity index (χ4n) is 1.82. The van der Waals surface area contributed by atoms with E-state index in [0.717, 1.165) is 31.9 Å². The number of nitrogens with one attached hydrogen (secondary N) is 1. The minimum atomic E-state index is 0.189. The number of nitrogens with zero attached hydrogens (tertiary/aromatic N) is 1. The lowest BCUT2D eigenvalue weighted by molar-refractivity contribution is 0.199. The molecule has 0 aliphatic heterocycles. The fraction of sp³-hybridized carbons (Fsp3) is 0.571. The first-order chi connectivity index (χ1) is 8.81. The number of rotatable bonds is 9. The van der Waals surface area contributed by atoms with E-state index in [0.29, 0.717) is 6.54 Å². The maximum absolute atomic E-state index is 8.99. The smallest absolute Gasteiger partial charge is 0.0606 e. The minimum Gasteiger partial charge on any atom is -0.395 e. The van der Waals surface area contributed by atoms with Gasteiger partial charge in [-0.3, -0.25) is 0 Å². The van der Waals surface area contributed by atoms with Gasteiger partial charge in [-0.05, 0) is 24.6 Å². The van der Waals surface area contributed by atoms with E-state index in [9.17, 15) is 0 Å². The van der Waals surface area contributed by atoms with Gasteiger partial charge in [-0.1, -0.05) is 12.1 Å². The average Bonchev–Trinajstić information content (AvgIpc) is 2.42. The summed E-state index contributed by atoms with van der Waals surface area (Å²) in [5.74, 6) is 0. The molecule has 0 spiro atoms. The van der Waals surface area contributed by atoms with Crippen LogP contribution >= 0.6 is 0 Å². The first-order valence-corrected chi connectivity index (χ1v) is 6.46. The highest BCUT2D eigenvalue weighted by Gasteiger charge is 2.02. The van der Waals surface area contributed by atoms with Crippen molar-refractivity contribution in [2.24, 2.45) is 0 Å². The number of benzene rings is 1. The Labute approximate surface area is 110 Å². The highest BCUT2D eigenvalue weighted by molar-refractivity contribution is 5.47. The van der Waals surface area contributed by atoms with Crippen molar-refractivity contribution >= 4 is 5.69 Å². The van der Waals surface area contributed by atoms with Gasteiger partial charge in [0, 0.05) is 39.0 Å². The van der Waals surface area contributed by atoms with Crippen LogP contribution in [0.1, 0.15) is 12.5 Å². The van der Waals surface area contributed by atoms with E-state index in [1.807, 2.05) is 0 Å². The first kappa shape index (κ1) is 15.0. The van der Waals surface area contributed by atoms with E-state index in [4.69, 9.17) is 9.84 Å². The van der Waals surface area contributed by atoms with Crippen molar-refractivity contribution in [1.29, 1.82) is 0 Å². The normalized spacial score (nSPS) is 10.6. The summed E-state index contributed by atoms with van der Waals surface area (Å²) < 4.78 is 4.98. The van der Waals surface area contributed by atoms with Crippen LogP contribution in [0.4, 0.5) is 5.69 Å². The summed E-state index contributed by atoms with van der Waals surface area (Å²) in [6.45, 7) is 6.33. The molecule has 0 unspecified atom stereocenters. The van der Waals surface area contributed by atoms with Crippen molar-refractivity contribution < 1.29 is 9.84 Å². The van der Waals surface area contributed by atoms with Gasteiger partial charge in [0.25, 0.3) is 0 Å². The van der Waals surface area contributed by atoms with Gasteiger partial charge in [0.1, 0.15) is 0 Å². The Morgan fingerprint density at radius 2 is 2.00 bits per heavy atom. The van der Waals surface area contributed by atoms with E-state index < -0.39 is 0 Å². The number of methoxy groups -OCH3 is 1. The predicted octanol–water partition coefficient (Wildman–Crippen LogP) is 1.24. The Kier molecular flexibility index (Phi) is 7.41. The summed E-state index contributed by atoms with van der Waals surface area (Å²) in [7, 11) is 1.71. The van der Waals surface area contributed by atoms with Crippen LogP contribution in [-0.4, -0.2) is 45.1 Å². The zero-order valence-electron chi connectivity index (χ0n) is 11.4. The number of hydrogen-bond donors (Lipinski definition) is 2. The lowest BCUT2D eigenvalue weighted by atomic mass is 10.2. The maximum Gasteiger partial charge on any atom is 0.0606 e. The van der Waals surface area contributed by atoms with Gasteiger partial charge in [-0.15, -0.1) is 0 Å². The first-order valence-electron chi connectivity index (χ1n) is 6.46. The Hall–Kier alpha value is -1.10. The van der Waals surface area contributed by atoms with Crippen LogP contribution in [0.3, 0.4) is 0 Å². The van der Waals surface area contributed by atoms with Gasteiger partial charge in [0.05, 0.1) is 13.2 Å². The molecule has 4 nitrogen and oxygen atoms in total. The average molecular weight is 252 g/mol. The molecular formula is C14H24N2O2. The molecule has 0 bridgehead atoms. The summed E-state index contributed by atoms with van der Waals surface area (Å²) >= 11 is 0. The monoisotopic (exact) mass is 252 g/mol. The van der Waals surface area contributed by atoms with Crippen molar-refractivity contribution in [2.45, 2.75) is 13.5 Å². The van der Waals surface area contributed by atoms with Crippen LogP contribution in [0, 0.1) is 0 Å². The topological polar surface area (TPSA) is 44.7 Å². The summed E-state index contributed by atoms with van der Waals surface area (Å²) in [6.07, 6.45) is 0. The van der Waals surface area contributed by atoms with Crippen LogP contribution in [0.2, 0.25) is 0 Å².